The molecule has 0 bridgehead atoms. The summed E-state index contributed by atoms with van der Waals surface area (Å²) in [6.45, 7) is 5.41. The Balaban J connectivity index is 4.60. The molecule has 1 amide bonds. The normalized spacial score (nSPS) is 15.2. The van der Waals surface area contributed by atoms with E-state index in [1.807, 2.05) is 19.9 Å². The smallest absolute Gasteiger partial charge is 0.328 e. The first-order chi connectivity index (χ1) is 8.81. The van der Waals surface area contributed by atoms with Crippen molar-refractivity contribution in [2.45, 2.75) is 45.8 Å². The Morgan fingerprint density at radius 2 is 1.89 bits per heavy atom. The van der Waals surface area contributed by atoms with Crippen molar-refractivity contribution >= 4 is 11.9 Å². The third-order valence-corrected chi connectivity index (χ3v) is 2.61. The van der Waals surface area contributed by atoms with Crippen LogP contribution in [0.5, 0.6) is 0 Å². The van der Waals surface area contributed by atoms with E-state index >= 15 is 0 Å². The number of ether oxygens (including phenoxy) is 1. The maximum atomic E-state index is 11.7. The van der Waals surface area contributed by atoms with Crippen LogP contribution in [0.3, 0.4) is 0 Å². The Morgan fingerprint density at radius 1 is 1.32 bits per heavy atom. The van der Waals surface area contributed by atoms with Crippen LogP contribution in [0.25, 0.3) is 0 Å². The number of amides is 1. The second kappa shape index (κ2) is 8.48. The van der Waals surface area contributed by atoms with Crippen LogP contribution >= 0.6 is 0 Å². The molecule has 0 radical (unpaired) electrons. The molecule has 0 saturated heterocycles. The Morgan fingerprint density at radius 3 is 2.32 bits per heavy atom. The molecule has 6 heteroatoms. The molecule has 0 aromatic heterocycles. The largest absolute Gasteiger partial charge is 0.467 e. The van der Waals surface area contributed by atoms with Gasteiger partial charge in [0.15, 0.2) is 0 Å². The van der Waals surface area contributed by atoms with Crippen LogP contribution < -0.4 is 5.32 Å². The highest BCUT2D eigenvalue weighted by Gasteiger charge is 2.26. The highest BCUT2D eigenvalue weighted by molar-refractivity contribution is 5.86. The summed E-state index contributed by atoms with van der Waals surface area (Å²) in [6.07, 6.45) is -0.693. The number of hydrogen-bond donors (Lipinski definition) is 2. The van der Waals surface area contributed by atoms with E-state index in [9.17, 15) is 14.7 Å². The molecule has 0 aliphatic rings. The average molecular weight is 270 g/mol. The highest BCUT2D eigenvalue weighted by atomic mass is 16.5. The van der Waals surface area contributed by atoms with Gasteiger partial charge >= 0.3 is 5.97 Å². The maximum Gasteiger partial charge on any atom is 0.328 e. The van der Waals surface area contributed by atoms with Gasteiger partial charge < -0.3 is 15.2 Å². The lowest BCUT2D eigenvalue weighted by molar-refractivity contribution is -0.146. The van der Waals surface area contributed by atoms with Crippen LogP contribution in [0, 0.1) is 23.2 Å². The molecule has 0 unspecified atom stereocenters. The molecule has 0 fully saturated rings. The van der Waals surface area contributed by atoms with E-state index in [1.54, 1.807) is 6.92 Å². The minimum absolute atomic E-state index is 0.156. The zero-order valence-electron chi connectivity index (χ0n) is 11.8. The van der Waals surface area contributed by atoms with Crippen molar-refractivity contribution in [1.82, 2.24) is 5.32 Å². The fourth-order valence-corrected chi connectivity index (χ4v) is 1.58. The van der Waals surface area contributed by atoms with Crippen LogP contribution in [0.1, 0.15) is 33.6 Å². The molecule has 3 atom stereocenters. The zero-order chi connectivity index (χ0) is 15.0. The number of aliphatic hydroxyl groups excluding tert-OH is 1. The van der Waals surface area contributed by atoms with E-state index in [0.717, 1.165) is 0 Å². The van der Waals surface area contributed by atoms with E-state index in [-0.39, 0.29) is 12.3 Å². The van der Waals surface area contributed by atoms with Gasteiger partial charge in [0.2, 0.25) is 5.91 Å². The van der Waals surface area contributed by atoms with Gasteiger partial charge in [-0.05, 0) is 25.7 Å². The van der Waals surface area contributed by atoms with E-state index in [0.29, 0.717) is 6.42 Å². The van der Waals surface area contributed by atoms with Crippen LogP contribution in [0.2, 0.25) is 0 Å². The van der Waals surface area contributed by atoms with Crippen LogP contribution in [0.4, 0.5) is 0 Å². The SMILES string of the molecule is COC(=O)[C@H](C[C@@H](C)C#N)NC(=O)[C@H](O)CC(C)C. The molecule has 19 heavy (non-hydrogen) atoms. The summed E-state index contributed by atoms with van der Waals surface area (Å²) in [5.74, 6) is -1.47. The zero-order valence-corrected chi connectivity index (χ0v) is 11.8. The lowest BCUT2D eigenvalue weighted by Gasteiger charge is -2.20. The topological polar surface area (TPSA) is 99.4 Å². The molecular formula is C13H22N2O4. The van der Waals surface area contributed by atoms with Crippen molar-refractivity contribution in [3.05, 3.63) is 0 Å². The summed E-state index contributed by atoms with van der Waals surface area (Å²) in [4.78, 5) is 23.2. The molecule has 2 N–H and O–H groups in total. The Hall–Kier alpha value is -1.61. The minimum atomic E-state index is -1.16. The second-order valence-corrected chi connectivity index (χ2v) is 5.00. The van der Waals surface area contributed by atoms with E-state index in [2.05, 4.69) is 10.1 Å². The molecule has 6 nitrogen and oxygen atoms in total. The Labute approximate surface area is 113 Å². The molecule has 0 aromatic carbocycles. The van der Waals surface area contributed by atoms with Crippen molar-refractivity contribution in [1.29, 1.82) is 5.26 Å². The molecule has 0 rings (SSSR count). The van der Waals surface area contributed by atoms with Gasteiger partial charge in [-0.2, -0.15) is 5.26 Å². The summed E-state index contributed by atoms with van der Waals surface area (Å²) >= 11 is 0. The number of esters is 1. The van der Waals surface area contributed by atoms with Gasteiger partial charge in [-0.25, -0.2) is 4.79 Å². The number of carbonyl (C=O) groups excluding carboxylic acids is 2. The third-order valence-electron chi connectivity index (χ3n) is 2.61. The van der Waals surface area contributed by atoms with Gasteiger partial charge in [-0.3, -0.25) is 4.79 Å². The Kier molecular flexibility index (Phi) is 7.77. The summed E-state index contributed by atoms with van der Waals surface area (Å²) < 4.78 is 4.57. The summed E-state index contributed by atoms with van der Waals surface area (Å²) in [6, 6.07) is 1.08. The van der Waals surface area contributed by atoms with Gasteiger partial charge in [0, 0.05) is 5.92 Å². The highest BCUT2D eigenvalue weighted by Crippen LogP contribution is 2.09. The summed E-state index contributed by atoms with van der Waals surface area (Å²) in [7, 11) is 1.21. The number of nitriles is 1. The van der Waals surface area contributed by atoms with Crippen molar-refractivity contribution in [2.24, 2.45) is 11.8 Å². The van der Waals surface area contributed by atoms with Crippen molar-refractivity contribution in [2.75, 3.05) is 7.11 Å². The van der Waals surface area contributed by atoms with E-state index in [1.165, 1.54) is 7.11 Å². The monoisotopic (exact) mass is 270 g/mol. The number of methoxy groups -OCH3 is 1. The number of nitrogens with zero attached hydrogens (tertiary/aromatic N) is 1. The first-order valence-corrected chi connectivity index (χ1v) is 6.27. The second-order valence-electron chi connectivity index (χ2n) is 5.00. The van der Waals surface area contributed by atoms with Gasteiger partial charge in [-0.1, -0.05) is 13.8 Å². The molecule has 0 spiro atoms. The first-order valence-electron chi connectivity index (χ1n) is 6.27. The molecule has 0 aromatic rings. The molecule has 0 saturated carbocycles. The van der Waals surface area contributed by atoms with Crippen molar-refractivity contribution < 1.29 is 19.4 Å². The lowest BCUT2D eigenvalue weighted by Crippen LogP contribution is -2.46. The summed E-state index contributed by atoms with van der Waals surface area (Å²) in [5.41, 5.74) is 0. The number of carbonyl (C=O) groups is 2. The molecule has 0 aliphatic heterocycles. The molecule has 0 heterocycles. The van der Waals surface area contributed by atoms with Gasteiger partial charge in [0.1, 0.15) is 12.1 Å². The van der Waals surface area contributed by atoms with Gasteiger partial charge in [0.05, 0.1) is 13.2 Å². The van der Waals surface area contributed by atoms with Gasteiger partial charge in [-0.15, -0.1) is 0 Å². The fourth-order valence-electron chi connectivity index (χ4n) is 1.58. The number of rotatable bonds is 7. The molecular weight excluding hydrogens is 248 g/mol. The lowest BCUT2D eigenvalue weighted by atomic mass is 10.0. The maximum absolute atomic E-state index is 11.7. The predicted octanol–water partition coefficient (Wildman–Crippen LogP) is 0.601. The number of hydrogen-bond acceptors (Lipinski definition) is 5. The quantitative estimate of drug-likeness (QED) is 0.660. The van der Waals surface area contributed by atoms with E-state index < -0.39 is 29.9 Å². The standard InChI is InChI=1S/C13H22N2O4/c1-8(2)5-11(16)12(17)15-10(13(18)19-4)6-9(3)7-14/h8-11,16H,5-6H2,1-4H3,(H,15,17)/t9-,10+,11-/m1/s1. The van der Waals surface area contributed by atoms with Gasteiger partial charge in [0.25, 0.3) is 0 Å². The Bertz CT molecular complexity index is 349. The molecule has 108 valence electrons. The fraction of sp³-hybridized carbons (Fsp3) is 0.769. The van der Waals surface area contributed by atoms with E-state index in [4.69, 9.17) is 5.26 Å². The third kappa shape index (κ3) is 6.77. The van der Waals surface area contributed by atoms with Crippen LogP contribution in [-0.2, 0) is 14.3 Å². The predicted molar refractivity (Wildman–Crippen MR) is 68.8 cm³/mol. The average Bonchev–Trinajstić information content (AvgIpc) is 2.35. The molecule has 0 aliphatic carbocycles. The number of nitrogens with one attached hydrogen (secondary N) is 1. The van der Waals surface area contributed by atoms with Crippen LogP contribution in [0.15, 0.2) is 0 Å². The number of aliphatic hydroxyl groups is 1. The minimum Gasteiger partial charge on any atom is -0.467 e. The van der Waals surface area contributed by atoms with Crippen molar-refractivity contribution in [3.8, 4) is 6.07 Å². The van der Waals surface area contributed by atoms with Crippen molar-refractivity contribution in [3.63, 3.8) is 0 Å². The first kappa shape index (κ1) is 17.4. The van der Waals surface area contributed by atoms with Crippen LogP contribution in [-0.4, -0.2) is 36.2 Å². The summed E-state index contributed by atoms with van der Waals surface area (Å²) in [5, 5.41) is 20.8.